The minimum Gasteiger partial charge on any atom is -0.395 e. The van der Waals surface area contributed by atoms with Crippen molar-refractivity contribution in [2.24, 2.45) is 0 Å². The maximum absolute atomic E-state index is 9.16. The van der Waals surface area contributed by atoms with Crippen molar-refractivity contribution in [3.8, 4) is 0 Å². The zero-order chi connectivity index (χ0) is 7.56. The maximum Gasteiger partial charge on any atom is 0.0740 e. The first-order valence-electron chi connectivity index (χ1n) is 3.44. The van der Waals surface area contributed by atoms with Gasteiger partial charge < -0.3 is 20.6 Å². The van der Waals surface area contributed by atoms with Crippen molar-refractivity contribution >= 4 is 0 Å². The van der Waals surface area contributed by atoms with Gasteiger partial charge in [0.2, 0.25) is 0 Å². The SMILES string of the molecule is OCC1NCC(O)CC1O. The van der Waals surface area contributed by atoms with Crippen LogP contribution < -0.4 is 5.32 Å². The third kappa shape index (κ3) is 1.67. The number of hydrogen-bond acceptors (Lipinski definition) is 4. The Kier molecular flexibility index (Phi) is 2.62. The molecular formula is C6H13NO3. The smallest absolute Gasteiger partial charge is 0.0740 e. The number of β-amino-alcohol motifs (C(OH)–C–C–N with tert-alkyl or cyclic N) is 1. The molecule has 1 heterocycles. The minimum absolute atomic E-state index is 0.0755. The van der Waals surface area contributed by atoms with E-state index >= 15 is 0 Å². The Labute approximate surface area is 59.5 Å². The van der Waals surface area contributed by atoms with Crippen molar-refractivity contribution in [1.82, 2.24) is 5.32 Å². The lowest BCUT2D eigenvalue weighted by atomic mass is 10.0. The Morgan fingerprint density at radius 1 is 1.40 bits per heavy atom. The molecule has 0 amide bonds. The zero-order valence-electron chi connectivity index (χ0n) is 5.70. The van der Waals surface area contributed by atoms with E-state index < -0.39 is 12.2 Å². The lowest BCUT2D eigenvalue weighted by Crippen LogP contribution is -2.52. The molecule has 1 aliphatic heterocycles. The normalized spacial score (nSPS) is 41.7. The molecule has 0 aromatic carbocycles. The lowest BCUT2D eigenvalue weighted by molar-refractivity contribution is 0.00654. The van der Waals surface area contributed by atoms with Gasteiger partial charge in [0.15, 0.2) is 0 Å². The molecule has 10 heavy (non-hydrogen) atoms. The van der Waals surface area contributed by atoms with Crippen LogP contribution in [-0.4, -0.2) is 46.7 Å². The van der Waals surface area contributed by atoms with E-state index in [9.17, 15) is 0 Å². The quantitative estimate of drug-likeness (QED) is 0.348. The van der Waals surface area contributed by atoms with Gasteiger partial charge in [-0.05, 0) is 0 Å². The summed E-state index contributed by atoms with van der Waals surface area (Å²) in [7, 11) is 0. The molecule has 4 heteroatoms. The third-order valence-electron chi connectivity index (χ3n) is 1.79. The van der Waals surface area contributed by atoms with E-state index in [1.807, 2.05) is 0 Å². The van der Waals surface area contributed by atoms with E-state index in [2.05, 4.69) is 5.32 Å². The molecule has 4 N–H and O–H groups in total. The molecule has 4 nitrogen and oxygen atoms in total. The van der Waals surface area contributed by atoms with Gasteiger partial charge in [-0.15, -0.1) is 0 Å². The Morgan fingerprint density at radius 3 is 2.60 bits per heavy atom. The summed E-state index contributed by atoms with van der Waals surface area (Å²) in [5.74, 6) is 0. The van der Waals surface area contributed by atoms with Crippen LogP contribution in [-0.2, 0) is 0 Å². The Hall–Kier alpha value is -0.160. The Balaban J connectivity index is 2.36. The number of aliphatic hydroxyl groups excluding tert-OH is 3. The van der Waals surface area contributed by atoms with Gasteiger partial charge in [-0.25, -0.2) is 0 Å². The summed E-state index contributed by atoms with van der Waals surface area (Å²) in [6.45, 7) is 0.385. The molecule has 0 aromatic heterocycles. The van der Waals surface area contributed by atoms with E-state index in [0.717, 1.165) is 0 Å². The van der Waals surface area contributed by atoms with Gasteiger partial charge >= 0.3 is 0 Å². The fraction of sp³-hybridized carbons (Fsp3) is 1.00. The molecule has 0 aromatic rings. The van der Waals surface area contributed by atoms with Crippen LogP contribution in [0.15, 0.2) is 0 Å². The van der Waals surface area contributed by atoms with Crippen LogP contribution in [0.1, 0.15) is 6.42 Å². The number of piperidine rings is 1. The van der Waals surface area contributed by atoms with Crippen molar-refractivity contribution in [3.05, 3.63) is 0 Å². The van der Waals surface area contributed by atoms with Crippen LogP contribution in [0.5, 0.6) is 0 Å². The molecule has 1 fully saturated rings. The fourth-order valence-corrected chi connectivity index (χ4v) is 1.14. The van der Waals surface area contributed by atoms with Crippen LogP contribution >= 0.6 is 0 Å². The molecule has 1 rings (SSSR count). The second-order valence-corrected chi connectivity index (χ2v) is 2.65. The molecule has 0 bridgehead atoms. The molecule has 0 radical (unpaired) electrons. The summed E-state index contributed by atoms with van der Waals surface area (Å²) >= 11 is 0. The van der Waals surface area contributed by atoms with Crippen LogP contribution in [0, 0.1) is 0 Å². The van der Waals surface area contributed by atoms with E-state index in [-0.39, 0.29) is 12.6 Å². The fourth-order valence-electron chi connectivity index (χ4n) is 1.14. The number of hydrogen-bond donors (Lipinski definition) is 4. The average molecular weight is 147 g/mol. The Bertz CT molecular complexity index is 109. The van der Waals surface area contributed by atoms with Crippen LogP contribution in [0.2, 0.25) is 0 Å². The largest absolute Gasteiger partial charge is 0.395 e. The highest BCUT2D eigenvalue weighted by Crippen LogP contribution is 2.07. The summed E-state index contributed by atoms with van der Waals surface area (Å²) in [6, 6.07) is -0.261. The minimum atomic E-state index is -0.617. The van der Waals surface area contributed by atoms with Gasteiger partial charge in [-0.3, -0.25) is 0 Å². The second kappa shape index (κ2) is 3.30. The lowest BCUT2D eigenvalue weighted by Gasteiger charge is -2.30. The molecule has 60 valence electrons. The van der Waals surface area contributed by atoms with Gasteiger partial charge in [0, 0.05) is 13.0 Å². The van der Waals surface area contributed by atoms with Crippen molar-refractivity contribution < 1.29 is 15.3 Å². The van der Waals surface area contributed by atoms with Gasteiger partial charge in [-0.2, -0.15) is 0 Å². The van der Waals surface area contributed by atoms with Crippen LogP contribution in [0.4, 0.5) is 0 Å². The van der Waals surface area contributed by atoms with Crippen molar-refractivity contribution in [1.29, 1.82) is 0 Å². The average Bonchev–Trinajstić information content (AvgIpc) is 1.88. The predicted molar refractivity (Wildman–Crippen MR) is 35.5 cm³/mol. The Morgan fingerprint density at radius 2 is 2.10 bits per heavy atom. The molecular weight excluding hydrogens is 134 g/mol. The van der Waals surface area contributed by atoms with Crippen LogP contribution in [0.25, 0.3) is 0 Å². The first-order valence-corrected chi connectivity index (χ1v) is 3.44. The second-order valence-electron chi connectivity index (χ2n) is 2.65. The molecule has 3 atom stereocenters. The number of rotatable bonds is 1. The highest BCUT2D eigenvalue weighted by atomic mass is 16.3. The topological polar surface area (TPSA) is 72.7 Å². The number of nitrogens with one attached hydrogen (secondary N) is 1. The predicted octanol–water partition coefficient (Wildman–Crippen LogP) is -1.94. The van der Waals surface area contributed by atoms with Crippen LogP contribution in [0.3, 0.4) is 0 Å². The first-order chi connectivity index (χ1) is 4.74. The molecule has 3 unspecified atom stereocenters. The molecule has 0 spiro atoms. The zero-order valence-corrected chi connectivity index (χ0v) is 5.70. The van der Waals surface area contributed by atoms with Gasteiger partial charge in [0.25, 0.3) is 0 Å². The summed E-state index contributed by atoms with van der Waals surface area (Å²) < 4.78 is 0. The van der Waals surface area contributed by atoms with Gasteiger partial charge in [-0.1, -0.05) is 0 Å². The van der Waals surface area contributed by atoms with Crippen molar-refractivity contribution in [2.45, 2.75) is 24.7 Å². The van der Waals surface area contributed by atoms with E-state index in [4.69, 9.17) is 15.3 Å². The van der Waals surface area contributed by atoms with E-state index in [1.54, 1.807) is 0 Å². The van der Waals surface area contributed by atoms with Gasteiger partial charge in [0.05, 0.1) is 24.9 Å². The van der Waals surface area contributed by atoms with Crippen molar-refractivity contribution in [2.75, 3.05) is 13.2 Å². The van der Waals surface area contributed by atoms with Crippen molar-refractivity contribution in [3.63, 3.8) is 0 Å². The standard InChI is InChI=1S/C6H13NO3/c8-3-5-6(10)1-4(9)2-7-5/h4-10H,1-3H2. The molecule has 1 saturated heterocycles. The highest BCUT2D eigenvalue weighted by Gasteiger charge is 2.26. The molecule has 0 saturated carbocycles. The summed E-state index contributed by atoms with van der Waals surface area (Å²) in [5, 5.41) is 29.6. The van der Waals surface area contributed by atoms with E-state index in [1.165, 1.54) is 0 Å². The maximum atomic E-state index is 9.16. The highest BCUT2D eigenvalue weighted by molar-refractivity contribution is 4.84. The molecule has 0 aliphatic carbocycles. The summed E-state index contributed by atoms with van der Waals surface area (Å²) in [5.41, 5.74) is 0. The van der Waals surface area contributed by atoms with E-state index in [0.29, 0.717) is 13.0 Å². The summed E-state index contributed by atoms with van der Waals surface area (Å²) in [6.07, 6.45) is -0.732. The van der Waals surface area contributed by atoms with Gasteiger partial charge in [0.1, 0.15) is 0 Å². The monoisotopic (exact) mass is 147 g/mol. The number of aliphatic hydroxyl groups is 3. The third-order valence-corrected chi connectivity index (χ3v) is 1.79. The summed E-state index contributed by atoms with van der Waals surface area (Å²) in [4.78, 5) is 0. The first kappa shape index (κ1) is 7.94. The molecule has 1 aliphatic rings.